The Bertz CT molecular complexity index is 67.3. The Morgan fingerprint density at radius 2 is 1.62 bits per heavy atom. The Balaban J connectivity index is -0.000000180. The van der Waals surface area contributed by atoms with Crippen molar-refractivity contribution in [3.8, 4) is 0 Å². The van der Waals surface area contributed by atoms with Gasteiger partial charge in [0, 0.05) is 0 Å². The third-order valence-corrected chi connectivity index (χ3v) is 0.789. The average Bonchev–Trinajstić information content (AvgIpc) is 1.31. The summed E-state index contributed by atoms with van der Waals surface area (Å²) in [5.74, 6) is 0. The molecule has 0 aliphatic rings. The second kappa shape index (κ2) is 3.78. The van der Waals surface area contributed by atoms with Crippen LogP contribution in [0.2, 0.25) is 0 Å². The van der Waals surface area contributed by atoms with Gasteiger partial charge in [-0.15, -0.1) is 0 Å². The van der Waals surface area contributed by atoms with Gasteiger partial charge in [0.15, 0.2) is 0 Å². The molecule has 0 aliphatic carbocycles. The van der Waals surface area contributed by atoms with Gasteiger partial charge in [-0.3, -0.25) is 0 Å². The first kappa shape index (κ1) is 11.6. The van der Waals surface area contributed by atoms with Crippen molar-refractivity contribution in [1.82, 2.24) is 0 Å². The number of halogens is 4. The predicted molar refractivity (Wildman–Crippen MR) is 22.1 cm³/mol. The normalized spacial score (nSPS) is 14.6. The Hall–Kier alpha value is 0.827. The number of hydrogen-bond acceptors (Lipinski definition) is 1. The monoisotopic (exact) mass is 186 g/mol. The maximum absolute atomic E-state index is 10.9. The molecule has 0 aromatic heterocycles. The number of alkyl halides is 4. The molecule has 0 rings (SSSR count). The van der Waals surface area contributed by atoms with E-state index in [2.05, 4.69) is 0 Å². The number of aliphatic hydroxyl groups is 1. The second-order valence-corrected chi connectivity index (χ2v) is 1.74. The molecule has 0 heterocycles. The van der Waals surface area contributed by atoms with Crippen LogP contribution in [-0.4, -0.2) is 16.3 Å². The van der Waals surface area contributed by atoms with Gasteiger partial charge in [-0.05, 0) is 15.9 Å². The summed E-state index contributed by atoms with van der Waals surface area (Å²) in [6, 6.07) is 0. The molecule has 0 saturated heterocycles. The average molecular weight is 187 g/mol. The zero-order valence-corrected chi connectivity index (χ0v) is 5.62. The third kappa shape index (κ3) is 4.97. The van der Waals surface area contributed by atoms with E-state index < -0.39 is 11.2 Å². The van der Waals surface area contributed by atoms with E-state index in [1.54, 1.807) is 0 Å². The van der Waals surface area contributed by atoms with E-state index in [1.807, 2.05) is 15.9 Å². The van der Waals surface area contributed by atoms with E-state index in [9.17, 15) is 13.2 Å². The van der Waals surface area contributed by atoms with Gasteiger partial charge in [-0.2, -0.15) is 13.2 Å². The maximum Gasteiger partial charge on any atom is 1.00 e. The molecule has 0 saturated carbocycles. The molecular weight excluding hydrogens is 184 g/mol. The molecule has 8 heavy (non-hydrogen) atoms. The fourth-order valence-electron chi connectivity index (χ4n) is 0. The Labute approximate surface area is 66.0 Å². The second-order valence-electron chi connectivity index (χ2n) is 0.877. The summed E-state index contributed by atoms with van der Waals surface area (Å²) >= 11 is 1.93. The van der Waals surface area contributed by atoms with E-state index in [1.165, 1.54) is 0 Å². The van der Waals surface area contributed by atoms with Crippen molar-refractivity contribution >= 4 is 15.9 Å². The van der Waals surface area contributed by atoms with Gasteiger partial charge in [0.05, 0.1) is 0 Å². The molecule has 6 heteroatoms. The SMILES string of the molecule is OC(Br)C(F)(F)F.[H-].[Li+]. The van der Waals surface area contributed by atoms with Gasteiger partial charge >= 0.3 is 25.0 Å². The van der Waals surface area contributed by atoms with Gasteiger partial charge in [-0.1, -0.05) is 0 Å². The van der Waals surface area contributed by atoms with Crippen molar-refractivity contribution in [3.63, 3.8) is 0 Å². The minimum Gasteiger partial charge on any atom is -1.00 e. The standard InChI is InChI=1S/C2H2BrF3O.Li.H/c3-1(7)2(4,5)6;;/h1,7H;;/q;+1;-1. The number of hydrogen-bond donors (Lipinski definition) is 1. The van der Waals surface area contributed by atoms with Crippen molar-refractivity contribution < 1.29 is 38.6 Å². The number of aliphatic hydroxyl groups excluding tert-OH is 1. The molecule has 46 valence electrons. The Morgan fingerprint density at radius 1 is 1.50 bits per heavy atom. The van der Waals surface area contributed by atoms with Crippen molar-refractivity contribution in [2.75, 3.05) is 0 Å². The summed E-state index contributed by atoms with van der Waals surface area (Å²) in [5.41, 5.74) is 0. The fourth-order valence-corrected chi connectivity index (χ4v) is 0. The summed E-state index contributed by atoms with van der Waals surface area (Å²) in [7, 11) is 0. The van der Waals surface area contributed by atoms with Crippen molar-refractivity contribution in [2.24, 2.45) is 0 Å². The van der Waals surface area contributed by atoms with Gasteiger partial charge in [-0.25, -0.2) is 0 Å². The summed E-state index contributed by atoms with van der Waals surface area (Å²) in [5, 5.41) is 5.29. The minimum atomic E-state index is -4.53. The summed E-state index contributed by atoms with van der Waals surface area (Å²) in [6.45, 7) is 0. The first-order valence-corrected chi connectivity index (χ1v) is 2.25. The van der Waals surface area contributed by atoms with Crippen LogP contribution in [0.4, 0.5) is 13.2 Å². The van der Waals surface area contributed by atoms with Crippen LogP contribution < -0.4 is 18.9 Å². The fraction of sp³-hybridized carbons (Fsp3) is 1.00. The molecule has 1 nitrogen and oxygen atoms in total. The van der Waals surface area contributed by atoms with Gasteiger partial charge < -0.3 is 6.53 Å². The molecule has 0 fully saturated rings. The largest absolute Gasteiger partial charge is 1.00 e. The van der Waals surface area contributed by atoms with E-state index in [0.29, 0.717) is 0 Å². The van der Waals surface area contributed by atoms with Crippen LogP contribution in [0, 0.1) is 0 Å². The zero-order chi connectivity index (χ0) is 6.08. The molecule has 1 unspecified atom stereocenters. The van der Waals surface area contributed by atoms with Crippen LogP contribution in [-0.2, 0) is 0 Å². The third-order valence-electron chi connectivity index (χ3n) is 0.270. The van der Waals surface area contributed by atoms with Crippen LogP contribution in [0.15, 0.2) is 0 Å². The summed E-state index contributed by atoms with van der Waals surface area (Å²) in [4.78, 5) is 0. The first-order chi connectivity index (χ1) is 2.94. The van der Waals surface area contributed by atoms with Crippen LogP contribution in [0.3, 0.4) is 0 Å². The van der Waals surface area contributed by atoms with E-state index in [4.69, 9.17) is 5.11 Å². The van der Waals surface area contributed by atoms with Crippen LogP contribution >= 0.6 is 15.9 Å². The quantitative estimate of drug-likeness (QED) is 0.357. The minimum absolute atomic E-state index is 0. The van der Waals surface area contributed by atoms with Crippen molar-refractivity contribution in [1.29, 1.82) is 0 Å². The molecule has 1 N–H and O–H groups in total. The van der Waals surface area contributed by atoms with E-state index >= 15 is 0 Å². The number of rotatable bonds is 0. The summed E-state index contributed by atoms with van der Waals surface area (Å²) in [6.07, 6.45) is -4.53. The molecule has 0 aliphatic heterocycles. The smallest absolute Gasteiger partial charge is 1.00 e. The molecule has 0 aromatic rings. The molecule has 0 aromatic carbocycles. The molecule has 0 radical (unpaired) electrons. The van der Waals surface area contributed by atoms with Gasteiger partial charge in [0.2, 0.25) is 5.01 Å². The van der Waals surface area contributed by atoms with E-state index in [0.717, 1.165) is 0 Å². The van der Waals surface area contributed by atoms with Crippen LogP contribution in [0.5, 0.6) is 0 Å². The Morgan fingerprint density at radius 3 is 1.62 bits per heavy atom. The zero-order valence-electron chi connectivity index (χ0n) is 5.04. The molecule has 0 spiro atoms. The first-order valence-electron chi connectivity index (χ1n) is 1.33. The Kier molecular flexibility index (Phi) is 5.48. The summed E-state index contributed by atoms with van der Waals surface area (Å²) < 4.78 is 32.6. The van der Waals surface area contributed by atoms with Crippen LogP contribution in [0.1, 0.15) is 1.43 Å². The van der Waals surface area contributed by atoms with Gasteiger partial charge in [0.1, 0.15) is 0 Å². The van der Waals surface area contributed by atoms with Crippen molar-refractivity contribution in [2.45, 2.75) is 11.2 Å². The molecular formula is C2H3BrF3LiO. The predicted octanol–water partition coefficient (Wildman–Crippen LogP) is -1.62. The van der Waals surface area contributed by atoms with Crippen LogP contribution in [0.25, 0.3) is 0 Å². The topological polar surface area (TPSA) is 20.2 Å². The molecule has 1 atom stereocenters. The maximum atomic E-state index is 10.9. The van der Waals surface area contributed by atoms with Gasteiger partial charge in [0.25, 0.3) is 0 Å². The van der Waals surface area contributed by atoms with E-state index in [-0.39, 0.29) is 20.3 Å². The van der Waals surface area contributed by atoms with Crippen molar-refractivity contribution in [3.05, 3.63) is 0 Å². The molecule has 0 amide bonds. The molecule has 0 bridgehead atoms.